The summed E-state index contributed by atoms with van der Waals surface area (Å²) < 4.78 is 32.7. The Morgan fingerprint density at radius 2 is 1.80 bits per heavy atom. The number of carbonyl (C=O) groups excluding carboxylic acids is 1. The molecule has 2 unspecified atom stereocenters. The highest BCUT2D eigenvalue weighted by atomic mass is 32.2. The van der Waals surface area contributed by atoms with Crippen LogP contribution in [0.2, 0.25) is 0 Å². The molecule has 30 heavy (non-hydrogen) atoms. The van der Waals surface area contributed by atoms with Crippen LogP contribution in [0.4, 0.5) is 0 Å². The fraction of sp³-hybridized carbons (Fsp3) is 0.500. The summed E-state index contributed by atoms with van der Waals surface area (Å²) in [5.74, 6) is 0.219. The molecule has 0 aliphatic heterocycles. The van der Waals surface area contributed by atoms with Gasteiger partial charge in [-0.15, -0.1) is 0 Å². The first-order valence-corrected chi connectivity index (χ1v) is 13.4. The van der Waals surface area contributed by atoms with Gasteiger partial charge < -0.3 is 14.8 Å². The Kier molecular flexibility index (Phi) is 5.90. The van der Waals surface area contributed by atoms with Crippen molar-refractivity contribution < 1.29 is 28.0 Å². The Morgan fingerprint density at radius 3 is 2.30 bits per heavy atom. The maximum atomic E-state index is 11.8. The summed E-state index contributed by atoms with van der Waals surface area (Å²) in [5.41, 5.74) is -1.22. The quantitative estimate of drug-likeness (QED) is 0.545. The van der Waals surface area contributed by atoms with Gasteiger partial charge >= 0.3 is 0 Å². The summed E-state index contributed by atoms with van der Waals surface area (Å²) in [5, 5.41) is 20.9. The van der Waals surface area contributed by atoms with Gasteiger partial charge in [-0.2, -0.15) is 0 Å². The molecule has 0 saturated heterocycles. The Morgan fingerprint density at radius 1 is 1.13 bits per heavy atom. The highest BCUT2D eigenvalue weighted by molar-refractivity contribution is 7.95. The molecule has 2 atom stereocenters. The smallest absolute Gasteiger partial charge is 0.162 e. The molecule has 4 rings (SSSR count). The SMILES string of the molecule is CC1(C)C2CCC1(CS(=O)(=O)[O-])C(=O)C2.C[S+](C)c1ccc(O)c2ccc(O)cc12. The number of ketones is 1. The molecule has 2 fully saturated rings. The molecule has 2 aliphatic carbocycles. The molecule has 0 aromatic heterocycles. The first-order valence-electron chi connectivity index (χ1n) is 9.78. The van der Waals surface area contributed by atoms with E-state index in [2.05, 4.69) is 12.5 Å². The molecule has 2 N–H and O–H groups in total. The van der Waals surface area contributed by atoms with Crippen LogP contribution in [0.5, 0.6) is 11.5 Å². The van der Waals surface area contributed by atoms with Crippen LogP contribution >= 0.6 is 0 Å². The van der Waals surface area contributed by atoms with E-state index in [4.69, 9.17) is 0 Å². The lowest BCUT2D eigenvalue weighted by Gasteiger charge is -2.37. The highest BCUT2D eigenvalue weighted by Gasteiger charge is 2.64. The van der Waals surface area contributed by atoms with Crippen LogP contribution in [0, 0.1) is 16.7 Å². The second-order valence-corrected chi connectivity index (χ2v) is 12.5. The molecule has 2 saturated carbocycles. The highest BCUT2D eigenvalue weighted by Crippen LogP contribution is 2.64. The zero-order chi connectivity index (χ0) is 22.5. The van der Waals surface area contributed by atoms with Crippen molar-refractivity contribution >= 4 is 37.6 Å². The van der Waals surface area contributed by atoms with E-state index in [1.54, 1.807) is 24.3 Å². The van der Waals surface area contributed by atoms with Gasteiger partial charge in [0.2, 0.25) is 0 Å². The van der Waals surface area contributed by atoms with E-state index < -0.39 is 21.3 Å². The molecule has 164 valence electrons. The van der Waals surface area contributed by atoms with Crippen LogP contribution in [-0.2, 0) is 25.8 Å². The van der Waals surface area contributed by atoms with Crippen LogP contribution in [0.3, 0.4) is 0 Å². The average Bonchev–Trinajstić information content (AvgIpc) is 2.95. The molecule has 0 radical (unpaired) electrons. The van der Waals surface area contributed by atoms with Crippen LogP contribution in [0.15, 0.2) is 35.2 Å². The van der Waals surface area contributed by atoms with Crippen molar-refractivity contribution in [1.29, 1.82) is 0 Å². The van der Waals surface area contributed by atoms with Crippen molar-refractivity contribution in [2.75, 3.05) is 18.3 Å². The molecular weight excluding hydrogens is 424 g/mol. The molecule has 0 amide bonds. The van der Waals surface area contributed by atoms with Crippen molar-refractivity contribution in [3.05, 3.63) is 30.3 Å². The van der Waals surface area contributed by atoms with Gasteiger partial charge in [-0.1, -0.05) is 13.8 Å². The van der Waals surface area contributed by atoms with E-state index in [1.807, 2.05) is 19.9 Å². The number of Topliss-reactive ketones (excluding diaryl/α,β-unsaturated/α-hetero) is 1. The molecule has 2 bridgehead atoms. The fourth-order valence-electron chi connectivity index (χ4n) is 5.06. The number of phenolic OH excluding ortho intramolecular Hbond substituents is 2. The molecule has 2 aromatic rings. The Bertz CT molecular complexity index is 1090. The molecule has 6 nitrogen and oxygen atoms in total. The standard InChI is InChI=1S/C12H12O2S.C10H16O4S/c1-15(2)12-6-5-11(14)9-4-3-8(13)7-10(9)12;1-9(2)7-3-4-10(9,8(11)5-7)6-15(12,13)14/h3-7H,1-2H3,(H-,13,14);7H,3-6H2,1-2H3,(H,12,13,14). The number of aromatic hydroxyl groups is 2. The predicted molar refractivity (Wildman–Crippen MR) is 118 cm³/mol. The van der Waals surface area contributed by atoms with Gasteiger partial charge in [0.1, 0.15) is 29.8 Å². The second kappa shape index (κ2) is 7.73. The third-order valence-electron chi connectivity index (χ3n) is 6.94. The van der Waals surface area contributed by atoms with Crippen LogP contribution < -0.4 is 0 Å². The third kappa shape index (κ3) is 3.92. The maximum Gasteiger partial charge on any atom is 0.162 e. The van der Waals surface area contributed by atoms with E-state index in [0.29, 0.717) is 12.8 Å². The summed E-state index contributed by atoms with van der Waals surface area (Å²) in [6.45, 7) is 3.83. The average molecular weight is 453 g/mol. The molecule has 8 heteroatoms. The number of carbonyl (C=O) groups is 1. The molecule has 0 heterocycles. The Labute approximate surface area is 180 Å². The predicted octanol–water partition coefficient (Wildman–Crippen LogP) is 3.41. The van der Waals surface area contributed by atoms with Gasteiger partial charge in [0.15, 0.2) is 4.90 Å². The van der Waals surface area contributed by atoms with Gasteiger partial charge in [-0.05, 0) is 54.5 Å². The first kappa shape index (κ1) is 22.9. The summed E-state index contributed by atoms with van der Waals surface area (Å²) in [6, 6.07) is 8.67. The van der Waals surface area contributed by atoms with Gasteiger partial charge in [0.25, 0.3) is 0 Å². The molecule has 2 aromatic carbocycles. The number of phenols is 2. The lowest BCUT2D eigenvalue weighted by Crippen LogP contribution is -2.42. The zero-order valence-electron chi connectivity index (χ0n) is 17.6. The Balaban J connectivity index is 0.000000171. The van der Waals surface area contributed by atoms with E-state index in [1.165, 1.54) is 4.90 Å². The third-order valence-corrected chi connectivity index (χ3v) is 9.02. The van der Waals surface area contributed by atoms with E-state index in [9.17, 15) is 28.0 Å². The molecule has 0 spiro atoms. The van der Waals surface area contributed by atoms with Gasteiger partial charge in [-0.25, -0.2) is 8.42 Å². The van der Waals surface area contributed by atoms with Crippen molar-refractivity contribution in [2.45, 2.75) is 38.0 Å². The van der Waals surface area contributed by atoms with Gasteiger partial charge in [-0.3, -0.25) is 4.79 Å². The summed E-state index contributed by atoms with van der Waals surface area (Å²) in [4.78, 5) is 13.0. The van der Waals surface area contributed by atoms with Crippen molar-refractivity contribution in [1.82, 2.24) is 0 Å². The van der Waals surface area contributed by atoms with Crippen molar-refractivity contribution in [2.24, 2.45) is 16.7 Å². The normalized spacial score (nSPS) is 24.9. The maximum absolute atomic E-state index is 11.8. The number of hydrogen-bond acceptors (Lipinski definition) is 6. The van der Waals surface area contributed by atoms with Crippen molar-refractivity contribution in [3.8, 4) is 11.5 Å². The van der Waals surface area contributed by atoms with Gasteiger partial charge in [0, 0.05) is 33.5 Å². The largest absolute Gasteiger partial charge is 0.748 e. The number of fused-ring (bicyclic) bond motifs is 3. The summed E-state index contributed by atoms with van der Waals surface area (Å²) >= 11 is 0. The van der Waals surface area contributed by atoms with Crippen molar-refractivity contribution in [3.63, 3.8) is 0 Å². The lowest BCUT2D eigenvalue weighted by molar-refractivity contribution is -0.128. The van der Waals surface area contributed by atoms with E-state index >= 15 is 0 Å². The molecule has 2 aliphatic rings. The minimum Gasteiger partial charge on any atom is -0.748 e. The van der Waals surface area contributed by atoms with Gasteiger partial charge in [0.05, 0.1) is 15.9 Å². The topological polar surface area (TPSA) is 115 Å². The summed E-state index contributed by atoms with van der Waals surface area (Å²) in [7, 11) is -4.22. The number of hydrogen-bond donors (Lipinski definition) is 2. The first-order chi connectivity index (χ1) is 13.8. The lowest BCUT2D eigenvalue weighted by atomic mass is 9.70. The number of rotatable bonds is 3. The monoisotopic (exact) mass is 452 g/mol. The minimum absolute atomic E-state index is 0.0248. The molecular formula is C22H28O6S2. The summed E-state index contributed by atoms with van der Waals surface area (Å²) in [6.07, 6.45) is 6.12. The number of benzene rings is 2. The Hall–Kier alpha value is -1.77. The second-order valence-electron chi connectivity index (χ2n) is 9.00. The van der Waals surface area contributed by atoms with E-state index in [-0.39, 0.29) is 39.5 Å². The van der Waals surface area contributed by atoms with Crippen LogP contribution in [0.25, 0.3) is 10.8 Å². The van der Waals surface area contributed by atoms with Crippen LogP contribution in [0.1, 0.15) is 33.1 Å². The fourth-order valence-corrected chi connectivity index (χ4v) is 7.29. The van der Waals surface area contributed by atoms with E-state index in [0.717, 1.165) is 17.2 Å². The van der Waals surface area contributed by atoms with Crippen LogP contribution in [-0.4, -0.2) is 47.2 Å². The zero-order valence-corrected chi connectivity index (χ0v) is 19.3. The minimum atomic E-state index is -4.33.